The molecule has 1 saturated carbocycles. The third-order valence-electron chi connectivity index (χ3n) is 3.57. The summed E-state index contributed by atoms with van der Waals surface area (Å²) in [4.78, 5) is 1.46. The first-order chi connectivity index (χ1) is 8.28. The number of ether oxygens (including phenoxy) is 1. The van der Waals surface area contributed by atoms with Crippen LogP contribution in [0.25, 0.3) is 0 Å². The molecular weight excluding hydrogens is 230 g/mol. The summed E-state index contributed by atoms with van der Waals surface area (Å²) in [7, 11) is 0. The van der Waals surface area contributed by atoms with E-state index in [1.54, 1.807) is 0 Å². The highest BCUT2D eigenvalue weighted by molar-refractivity contribution is 7.09. The Morgan fingerprint density at radius 2 is 2.35 bits per heavy atom. The van der Waals surface area contributed by atoms with Crippen LogP contribution < -0.4 is 5.73 Å². The van der Waals surface area contributed by atoms with Gasteiger partial charge in [-0.1, -0.05) is 6.07 Å². The van der Waals surface area contributed by atoms with Gasteiger partial charge in [0.1, 0.15) is 0 Å². The van der Waals surface area contributed by atoms with Gasteiger partial charge in [-0.2, -0.15) is 0 Å². The Kier molecular flexibility index (Phi) is 5.01. The SMILES string of the molecule is CCOC1CC(CC(N)CCc2cccs2)C1. The van der Waals surface area contributed by atoms with Gasteiger partial charge in [0.15, 0.2) is 0 Å². The normalized spacial score (nSPS) is 25.5. The van der Waals surface area contributed by atoms with E-state index < -0.39 is 0 Å². The molecule has 1 unspecified atom stereocenters. The molecule has 3 heteroatoms. The molecule has 0 aromatic carbocycles. The molecule has 1 atom stereocenters. The van der Waals surface area contributed by atoms with E-state index in [-0.39, 0.29) is 0 Å². The molecule has 1 aliphatic carbocycles. The molecule has 96 valence electrons. The van der Waals surface area contributed by atoms with Gasteiger partial charge in [0.05, 0.1) is 6.10 Å². The van der Waals surface area contributed by atoms with Crippen molar-refractivity contribution in [2.45, 2.75) is 51.2 Å². The van der Waals surface area contributed by atoms with Crippen molar-refractivity contribution >= 4 is 11.3 Å². The van der Waals surface area contributed by atoms with Gasteiger partial charge in [0.2, 0.25) is 0 Å². The molecule has 0 bridgehead atoms. The third-order valence-corrected chi connectivity index (χ3v) is 4.51. The molecule has 0 saturated heterocycles. The minimum atomic E-state index is 0.365. The highest BCUT2D eigenvalue weighted by atomic mass is 32.1. The summed E-state index contributed by atoms with van der Waals surface area (Å²) >= 11 is 1.83. The highest BCUT2D eigenvalue weighted by Gasteiger charge is 2.30. The molecule has 1 aromatic rings. The first-order valence-corrected chi connectivity index (χ1v) is 7.55. The first kappa shape index (κ1) is 13.1. The van der Waals surface area contributed by atoms with Crippen LogP contribution >= 0.6 is 11.3 Å². The Morgan fingerprint density at radius 3 is 3.00 bits per heavy atom. The first-order valence-electron chi connectivity index (χ1n) is 6.67. The molecule has 0 radical (unpaired) electrons. The third kappa shape index (κ3) is 4.09. The lowest BCUT2D eigenvalue weighted by Gasteiger charge is -2.36. The Bertz CT molecular complexity index is 306. The van der Waals surface area contributed by atoms with Gasteiger partial charge in [-0.3, -0.25) is 0 Å². The fraction of sp³-hybridized carbons (Fsp3) is 0.714. The van der Waals surface area contributed by atoms with Crippen molar-refractivity contribution in [1.29, 1.82) is 0 Å². The molecule has 2 rings (SSSR count). The number of hydrogen-bond acceptors (Lipinski definition) is 3. The smallest absolute Gasteiger partial charge is 0.0580 e. The van der Waals surface area contributed by atoms with Gasteiger partial charge in [-0.05, 0) is 56.4 Å². The van der Waals surface area contributed by atoms with Gasteiger partial charge in [0, 0.05) is 17.5 Å². The lowest BCUT2D eigenvalue weighted by Crippen LogP contribution is -2.36. The van der Waals surface area contributed by atoms with Gasteiger partial charge in [-0.25, -0.2) is 0 Å². The zero-order chi connectivity index (χ0) is 12.1. The summed E-state index contributed by atoms with van der Waals surface area (Å²) in [6.45, 7) is 2.92. The molecule has 0 spiro atoms. The summed E-state index contributed by atoms with van der Waals surface area (Å²) in [5, 5.41) is 2.14. The largest absolute Gasteiger partial charge is 0.378 e. The van der Waals surface area contributed by atoms with Gasteiger partial charge in [-0.15, -0.1) is 11.3 Å². The summed E-state index contributed by atoms with van der Waals surface area (Å²) in [6.07, 6.45) is 6.40. The lowest BCUT2D eigenvalue weighted by atomic mass is 9.78. The van der Waals surface area contributed by atoms with E-state index in [0.717, 1.165) is 25.4 Å². The molecular formula is C14H23NOS. The zero-order valence-electron chi connectivity index (χ0n) is 10.6. The maximum atomic E-state index is 6.18. The van der Waals surface area contributed by atoms with E-state index in [1.807, 2.05) is 11.3 Å². The maximum Gasteiger partial charge on any atom is 0.0580 e. The maximum absolute atomic E-state index is 6.18. The van der Waals surface area contributed by atoms with Crippen LogP contribution in [-0.4, -0.2) is 18.8 Å². The van der Waals surface area contributed by atoms with Gasteiger partial charge < -0.3 is 10.5 Å². The average molecular weight is 253 g/mol. The van der Waals surface area contributed by atoms with Crippen LogP contribution in [-0.2, 0) is 11.2 Å². The molecule has 1 aromatic heterocycles. The lowest BCUT2D eigenvalue weighted by molar-refractivity contribution is -0.0282. The Labute approximate surface area is 108 Å². The molecule has 2 N–H and O–H groups in total. The number of hydrogen-bond donors (Lipinski definition) is 1. The van der Waals surface area contributed by atoms with Crippen molar-refractivity contribution in [1.82, 2.24) is 0 Å². The van der Waals surface area contributed by atoms with Crippen LogP contribution in [0.15, 0.2) is 17.5 Å². The van der Waals surface area contributed by atoms with Crippen molar-refractivity contribution in [3.05, 3.63) is 22.4 Å². The minimum absolute atomic E-state index is 0.365. The summed E-state index contributed by atoms with van der Waals surface area (Å²) < 4.78 is 5.57. The number of nitrogens with two attached hydrogens (primary N) is 1. The standard InChI is InChI=1S/C14H23NOS/c1-2-16-13-9-11(10-13)8-12(15)5-6-14-4-3-7-17-14/h3-4,7,11-13H,2,5-6,8-10,15H2,1H3. The zero-order valence-corrected chi connectivity index (χ0v) is 11.4. The van der Waals surface area contributed by atoms with Crippen LogP contribution in [0.1, 0.15) is 37.5 Å². The monoisotopic (exact) mass is 253 g/mol. The fourth-order valence-electron chi connectivity index (χ4n) is 2.57. The minimum Gasteiger partial charge on any atom is -0.378 e. The van der Waals surface area contributed by atoms with E-state index in [9.17, 15) is 0 Å². The Balaban J connectivity index is 1.57. The second-order valence-electron chi connectivity index (χ2n) is 5.03. The predicted octanol–water partition coefficient (Wildman–Crippen LogP) is 3.21. The number of rotatable bonds is 7. The topological polar surface area (TPSA) is 35.2 Å². The van der Waals surface area contributed by atoms with Gasteiger partial charge in [0.25, 0.3) is 0 Å². The van der Waals surface area contributed by atoms with Crippen LogP contribution in [0.3, 0.4) is 0 Å². The van der Waals surface area contributed by atoms with E-state index in [1.165, 1.54) is 24.1 Å². The second kappa shape index (κ2) is 6.53. The van der Waals surface area contributed by atoms with E-state index in [0.29, 0.717) is 12.1 Å². The highest BCUT2D eigenvalue weighted by Crippen LogP contribution is 2.33. The molecule has 0 aliphatic heterocycles. The van der Waals surface area contributed by atoms with Crippen LogP contribution in [0, 0.1) is 5.92 Å². The van der Waals surface area contributed by atoms with Crippen molar-refractivity contribution < 1.29 is 4.74 Å². The van der Waals surface area contributed by atoms with E-state index >= 15 is 0 Å². The molecule has 1 heterocycles. The molecule has 0 amide bonds. The van der Waals surface area contributed by atoms with Crippen LogP contribution in [0.2, 0.25) is 0 Å². The van der Waals surface area contributed by atoms with Crippen molar-refractivity contribution in [2.24, 2.45) is 11.7 Å². The summed E-state index contributed by atoms with van der Waals surface area (Å²) in [5.74, 6) is 0.810. The second-order valence-corrected chi connectivity index (χ2v) is 6.06. The van der Waals surface area contributed by atoms with Crippen molar-refractivity contribution in [3.63, 3.8) is 0 Å². The average Bonchev–Trinajstić information content (AvgIpc) is 2.76. The van der Waals surface area contributed by atoms with Crippen LogP contribution in [0.4, 0.5) is 0 Å². The molecule has 1 aliphatic rings. The molecule has 1 fully saturated rings. The van der Waals surface area contributed by atoms with Crippen molar-refractivity contribution in [2.75, 3.05) is 6.61 Å². The molecule has 2 nitrogen and oxygen atoms in total. The molecule has 17 heavy (non-hydrogen) atoms. The van der Waals surface area contributed by atoms with Crippen molar-refractivity contribution in [3.8, 4) is 0 Å². The van der Waals surface area contributed by atoms with E-state index in [4.69, 9.17) is 10.5 Å². The van der Waals surface area contributed by atoms with Gasteiger partial charge >= 0.3 is 0 Å². The fourth-order valence-corrected chi connectivity index (χ4v) is 3.29. The quantitative estimate of drug-likeness (QED) is 0.810. The van der Waals surface area contributed by atoms with Crippen LogP contribution in [0.5, 0.6) is 0 Å². The summed E-state index contributed by atoms with van der Waals surface area (Å²) in [6, 6.07) is 4.68. The van der Waals surface area contributed by atoms with E-state index in [2.05, 4.69) is 24.4 Å². The summed E-state index contributed by atoms with van der Waals surface area (Å²) in [5.41, 5.74) is 6.18. The number of aryl methyl sites for hydroxylation is 1. The number of thiophene rings is 1. The predicted molar refractivity (Wildman–Crippen MR) is 73.4 cm³/mol. The Morgan fingerprint density at radius 1 is 1.53 bits per heavy atom. The Hall–Kier alpha value is -0.380.